The second-order valence-electron chi connectivity index (χ2n) is 3.27. The zero-order chi connectivity index (χ0) is 12.0. The van der Waals surface area contributed by atoms with Gasteiger partial charge >= 0.3 is 5.97 Å². The number of rotatable bonds is 5. The van der Waals surface area contributed by atoms with Crippen LogP contribution in [0.25, 0.3) is 0 Å². The number of carbonyl (C=O) groups excluding carboxylic acids is 2. The first kappa shape index (κ1) is 12.8. The monoisotopic (exact) mass is 238 g/mol. The summed E-state index contributed by atoms with van der Waals surface area (Å²) in [4.78, 5) is 22.7. The third-order valence-corrected chi connectivity index (χ3v) is 2.39. The summed E-state index contributed by atoms with van der Waals surface area (Å²) < 4.78 is 4.94. The maximum atomic E-state index is 11.6. The van der Waals surface area contributed by atoms with Crippen molar-refractivity contribution in [3.8, 4) is 0 Å². The number of thiol groups is 1. The SMILES string of the molecule is CCOC(=O)c1ccc(S)cc1CCC=O. The first-order valence-electron chi connectivity index (χ1n) is 5.11. The van der Waals surface area contributed by atoms with Crippen molar-refractivity contribution in [3.63, 3.8) is 0 Å². The highest BCUT2D eigenvalue weighted by Crippen LogP contribution is 2.17. The number of hydrogen-bond acceptors (Lipinski definition) is 4. The lowest BCUT2D eigenvalue weighted by molar-refractivity contribution is -0.107. The highest BCUT2D eigenvalue weighted by Gasteiger charge is 2.12. The summed E-state index contributed by atoms with van der Waals surface area (Å²) in [6.07, 6.45) is 1.76. The lowest BCUT2D eigenvalue weighted by Gasteiger charge is -2.08. The van der Waals surface area contributed by atoms with Gasteiger partial charge < -0.3 is 9.53 Å². The number of benzene rings is 1. The van der Waals surface area contributed by atoms with Crippen LogP contribution in [0.2, 0.25) is 0 Å². The maximum Gasteiger partial charge on any atom is 0.338 e. The predicted octanol–water partition coefficient (Wildman–Crippen LogP) is 2.28. The third-order valence-electron chi connectivity index (χ3n) is 2.12. The van der Waals surface area contributed by atoms with Crippen LogP contribution in [0.4, 0.5) is 0 Å². The van der Waals surface area contributed by atoms with Crippen LogP contribution in [0, 0.1) is 0 Å². The standard InChI is InChI=1S/C12H14O3S/c1-2-15-12(14)11-6-5-10(16)8-9(11)4-3-7-13/h5-8,16H,2-4H2,1H3. The molecule has 0 unspecified atom stereocenters. The molecular weight excluding hydrogens is 224 g/mol. The fraction of sp³-hybridized carbons (Fsp3) is 0.333. The first-order valence-corrected chi connectivity index (χ1v) is 5.56. The maximum absolute atomic E-state index is 11.6. The van der Waals surface area contributed by atoms with E-state index in [0.717, 1.165) is 16.7 Å². The Balaban J connectivity index is 2.96. The number of ether oxygens (including phenoxy) is 1. The van der Waals surface area contributed by atoms with E-state index in [0.29, 0.717) is 25.0 Å². The van der Waals surface area contributed by atoms with E-state index >= 15 is 0 Å². The summed E-state index contributed by atoms with van der Waals surface area (Å²) in [5, 5.41) is 0. The van der Waals surface area contributed by atoms with Crippen molar-refractivity contribution in [1.82, 2.24) is 0 Å². The van der Waals surface area contributed by atoms with Crippen molar-refractivity contribution in [2.24, 2.45) is 0 Å². The molecule has 1 aromatic rings. The first-order chi connectivity index (χ1) is 7.69. The van der Waals surface area contributed by atoms with Crippen LogP contribution >= 0.6 is 12.6 Å². The Morgan fingerprint density at radius 2 is 2.25 bits per heavy atom. The van der Waals surface area contributed by atoms with E-state index in [9.17, 15) is 9.59 Å². The zero-order valence-electron chi connectivity index (χ0n) is 9.10. The largest absolute Gasteiger partial charge is 0.462 e. The molecule has 3 nitrogen and oxygen atoms in total. The van der Waals surface area contributed by atoms with Crippen molar-refractivity contribution in [3.05, 3.63) is 29.3 Å². The molecule has 0 amide bonds. The lowest BCUT2D eigenvalue weighted by Crippen LogP contribution is -2.08. The van der Waals surface area contributed by atoms with Gasteiger partial charge in [0.1, 0.15) is 6.29 Å². The van der Waals surface area contributed by atoms with E-state index in [1.165, 1.54) is 0 Å². The molecule has 0 heterocycles. The van der Waals surface area contributed by atoms with Crippen molar-refractivity contribution in [1.29, 1.82) is 0 Å². The van der Waals surface area contributed by atoms with Gasteiger partial charge in [-0.05, 0) is 37.1 Å². The molecule has 1 rings (SSSR count). The van der Waals surface area contributed by atoms with Gasteiger partial charge in [0.25, 0.3) is 0 Å². The summed E-state index contributed by atoms with van der Waals surface area (Å²) in [6, 6.07) is 5.21. The van der Waals surface area contributed by atoms with E-state index in [1.54, 1.807) is 25.1 Å². The van der Waals surface area contributed by atoms with Crippen LogP contribution in [0.3, 0.4) is 0 Å². The van der Waals surface area contributed by atoms with Crippen LogP contribution in [-0.4, -0.2) is 18.9 Å². The number of carbonyl (C=O) groups is 2. The molecule has 0 saturated carbocycles. The van der Waals surface area contributed by atoms with Crippen LogP contribution in [0.1, 0.15) is 29.3 Å². The minimum absolute atomic E-state index is 0.342. The highest BCUT2D eigenvalue weighted by molar-refractivity contribution is 7.80. The Kier molecular flexibility index (Phi) is 5.05. The Morgan fingerprint density at radius 1 is 1.50 bits per heavy atom. The summed E-state index contributed by atoms with van der Waals surface area (Å²) in [7, 11) is 0. The van der Waals surface area contributed by atoms with Crippen molar-refractivity contribution in [2.45, 2.75) is 24.7 Å². The lowest BCUT2D eigenvalue weighted by atomic mass is 10.0. The van der Waals surface area contributed by atoms with Crippen LogP contribution in [-0.2, 0) is 16.0 Å². The van der Waals surface area contributed by atoms with E-state index in [4.69, 9.17) is 4.74 Å². The van der Waals surface area contributed by atoms with Gasteiger partial charge in [-0.25, -0.2) is 4.79 Å². The molecule has 0 bridgehead atoms. The minimum atomic E-state index is -0.350. The number of esters is 1. The average molecular weight is 238 g/mol. The number of hydrogen-bond donors (Lipinski definition) is 1. The summed E-state index contributed by atoms with van der Waals surface area (Å²) in [6.45, 7) is 2.10. The van der Waals surface area contributed by atoms with Crippen LogP contribution in [0.15, 0.2) is 23.1 Å². The van der Waals surface area contributed by atoms with Gasteiger partial charge in [-0.2, -0.15) is 0 Å². The Hall–Kier alpha value is -1.29. The molecule has 0 aliphatic rings. The molecule has 0 aliphatic carbocycles. The van der Waals surface area contributed by atoms with Gasteiger partial charge in [0.15, 0.2) is 0 Å². The van der Waals surface area contributed by atoms with Crippen LogP contribution < -0.4 is 0 Å². The molecule has 0 saturated heterocycles. The molecular formula is C12H14O3S. The van der Waals surface area contributed by atoms with Gasteiger partial charge in [0.05, 0.1) is 12.2 Å². The van der Waals surface area contributed by atoms with E-state index in [1.807, 2.05) is 0 Å². The highest BCUT2D eigenvalue weighted by atomic mass is 32.1. The zero-order valence-corrected chi connectivity index (χ0v) is 10.00. The molecule has 16 heavy (non-hydrogen) atoms. The van der Waals surface area contributed by atoms with Gasteiger partial charge in [0.2, 0.25) is 0 Å². The van der Waals surface area contributed by atoms with E-state index < -0.39 is 0 Å². The normalized spacial score (nSPS) is 9.88. The molecule has 0 aromatic heterocycles. The smallest absolute Gasteiger partial charge is 0.338 e. The van der Waals surface area contributed by atoms with Gasteiger partial charge in [-0.1, -0.05) is 0 Å². The third kappa shape index (κ3) is 3.38. The molecule has 0 aliphatic heterocycles. The molecule has 0 spiro atoms. The van der Waals surface area contributed by atoms with Gasteiger partial charge in [-0.3, -0.25) is 0 Å². The second-order valence-corrected chi connectivity index (χ2v) is 3.78. The molecule has 0 radical (unpaired) electrons. The second kappa shape index (κ2) is 6.33. The molecule has 86 valence electrons. The van der Waals surface area contributed by atoms with Crippen molar-refractivity contribution in [2.75, 3.05) is 6.61 Å². The number of aldehydes is 1. The summed E-state index contributed by atoms with van der Waals surface area (Å²) in [5.74, 6) is -0.350. The van der Waals surface area contributed by atoms with Gasteiger partial charge in [0, 0.05) is 11.3 Å². The molecule has 0 atom stereocenters. The van der Waals surface area contributed by atoms with Gasteiger partial charge in [-0.15, -0.1) is 12.6 Å². The Bertz CT molecular complexity index is 388. The number of aryl methyl sites for hydroxylation is 1. The van der Waals surface area contributed by atoms with Crippen molar-refractivity contribution < 1.29 is 14.3 Å². The summed E-state index contributed by atoms with van der Waals surface area (Å²) in [5.41, 5.74) is 1.32. The Morgan fingerprint density at radius 3 is 2.88 bits per heavy atom. The predicted molar refractivity (Wildman–Crippen MR) is 64.0 cm³/mol. The molecule has 1 aromatic carbocycles. The molecule has 0 fully saturated rings. The fourth-order valence-corrected chi connectivity index (χ4v) is 1.64. The topological polar surface area (TPSA) is 43.4 Å². The van der Waals surface area contributed by atoms with Crippen molar-refractivity contribution >= 4 is 24.9 Å². The Labute approximate surface area is 100 Å². The minimum Gasteiger partial charge on any atom is -0.462 e. The van der Waals surface area contributed by atoms with Crippen LogP contribution in [0.5, 0.6) is 0 Å². The molecule has 0 N–H and O–H groups in total. The fourth-order valence-electron chi connectivity index (χ4n) is 1.41. The quantitative estimate of drug-likeness (QED) is 0.486. The summed E-state index contributed by atoms with van der Waals surface area (Å²) >= 11 is 4.20. The molecule has 4 heteroatoms. The average Bonchev–Trinajstić information content (AvgIpc) is 2.26. The van der Waals surface area contributed by atoms with E-state index in [-0.39, 0.29) is 5.97 Å². The van der Waals surface area contributed by atoms with E-state index in [2.05, 4.69) is 12.6 Å².